The van der Waals surface area contributed by atoms with Crippen LogP contribution in [0.1, 0.15) is 29.7 Å². The van der Waals surface area contributed by atoms with Gasteiger partial charge in [0.1, 0.15) is 6.54 Å². The Labute approximate surface area is 109 Å². The number of hydrogen-bond acceptors (Lipinski definition) is 6. The lowest BCUT2D eigenvalue weighted by atomic mass is 10.1. The first-order chi connectivity index (χ1) is 9.22. The molecular weight excluding hydrogens is 248 g/mol. The van der Waals surface area contributed by atoms with Crippen molar-refractivity contribution in [3.63, 3.8) is 0 Å². The first-order valence-electron chi connectivity index (χ1n) is 6.17. The van der Waals surface area contributed by atoms with E-state index in [0.717, 1.165) is 18.7 Å². The molecule has 0 unspecified atom stereocenters. The maximum Gasteiger partial charge on any atom is 0.267 e. The molecule has 0 aliphatic carbocycles. The SMILES string of the molecule is Cc1ccc(=O)n(Cc2nc([C@@H]3CCOC3)no2)n1. The van der Waals surface area contributed by atoms with Crippen molar-refractivity contribution in [2.75, 3.05) is 13.2 Å². The van der Waals surface area contributed by atoms with E-state index in [-0.39, 0.29) is 18.0 Å². The Morgan fingerprint density at radius 1 is 1.47 bits per heavy atom. The van der Waals surface area contributed by atoms with Crippen molar-refractivity contribution in [1.29, 1.82) is 0 Å². The highest BCUT2D eigenvalue weighted by Gasteiger charge is 2.23. The van der Waals surface area contributed by atoms with Gasteiger partial charge in [-0.2, -0.15) is 10.1 Å². The van der Waals surface area contributed by atoms with Gasteiger partial charge in [0, 0.05) is 18.6 Å². The van der Waals surface area contributed by atoms with E-state index < -0.39 is 0 Å². The van der Waals surface area contributed by atoms with Gasteiger partial charge in [0.05, 0.1) is 12.3 Å². The van der Waals surface area contributed by atoms with Crippen LogP contribution in [0.2, 0.25) is 0 Å². The maximum absolute atomic E-state index is 11.6. The molecule has 3 heterocycles. The van der Waals surface area contributed by atoms with Crippen molar-refractivity contribution in [1.82, 2.24) is 19.9 Å². The van der Waals surface area contributed by atoms with Crippen molar-refractivity contribution in [3.05, 3.63) is 39.9 Å². The van der Waals surface area contributed by atoms with Crippen LogP contribution < -0.4 is 5.56 Å². The number of aryl methyl sites for hydroxylation is 1. The van der Waals surface area contributed by atoms with Gasteiger partial charge in [0.15, 0.2) is 5.82 Å². The molecule has 0 radical (unpaired) electrons. The predicted molar refractivity (Wildman–Crippen MR) is 64.8 cm³/mol. The van der Waals surface area contributed by atoms with Gasteiger partial charge in [-0.15, -0.1) is 0 Å². The Morgan fingerprint density at radius 2 is 2.37 bits per heavy atom. The highest BCUT2D eigenvalue weighted by molar-refractivity contribution is 5.00. The zero-order valence-corrected chi connectivity index (χ0v) is 10.6. The van der Waals surface area contributed by atoms with Crippen LogP contribution in [-0.4, -0.2) is 33.1 Å². The molecule has 3 rings (SSSR count). The van der Waals surface area contributed by atoms with E-state index in [0.29, 0.717) is 18.3 Å². The van der Waals surface area contributed by atoms with Gasteiger partial charge in [0.25, 0.3) is 5.56 Å². The lowest BCUT2D eigenvalue weighted by molar-refractivity contribution is 0.192. The smallest absolute Gasteiger partial charge is 0.267 e. The molecule has 7 nitrogen and oxygen atoms in total. The van der Waals surface area contributed by atoms with Crippen LogP contribution in [0.4, 0.5) is 0 Å². The van der Waals surface area contributed by atoms with Gasteiger partial charge in [-0.3, -0.25) is 4.79 Å². The summed E-state index contributed by atoms with van der Waals surface area (Å²) in [5.74, 6) is 1.23. The zero-order chi connectivity index (χ0) is 13.2. The van der Waals surface area contributed by atoms with Gasteiger partial charge in [-0.05, 0) is 19.4 Å². The summed E-state index contributed by atoms with van der Waals surface area (Å²) < 4.78 is 11.8. The molecule has 1 aliphatic heterocycles. The molecular formula is C12H14N4O3. The fourth-order valence-corrected chi connectivity index (χ4v) is 2.03. The van der Waals surface area contributed by atoms with Crippen LogP contribution in [0.15, 0.2) is 21.5 Å². The quantitative estimate of drug-likeness (QED) is 0.800. The van der Waals surface area contributed by atoms with Crippen LogP contribution in [0.3, 0.4) is 0 Å². The molecule has 1 fully saturated rings. The van der Waals surface area contributed by atoms with E-state index in [9.17, 15) is 4.79 Å². The van der Waals surface area contributed by atoms with Crippen molar-refractivity contribution < 1.29 is 9.26 Å². The number of hydrogen-bond donors (Lipinski definition) is 0. The number of rotatable bonds is 3. The van der Waals surface area contributed by atoms with Gasteiger partial charge >= 0.3 is 0 Å². The number of aromatic nitrogens is 4. The average molecular weight is 262 g/mol. The fourth-order valence-electron chi connectivity index (χ4n) is 2.03. The van der Waals surface area contributed by atoms with E-state index in [1.165, 1.54) is 10.7 Å². The van der Waals surface area contributed by atoms with E-state index in [1.54, 1.807) is 6.07 Å². The molecule has 2 aromatic heterocycles. The summed E-state index contributed by atoms with van der Waals surface area (Å²) in [6.45, 7) is 3.38. The number of nitrogens with zero attached hydrogens (tertiary/aromatic N) is 4. The third kappa shape index (κ3) is 2.55. The summed E-state index contributed by atoms with van der Waals surface area (Å²) in [5.41, 5.74) is 0.582. The van der Waals surface area contributed by atoms with Gasteiger partial charge < -0.3 is 9.26 Å². The third-order valence-electron chi connectivity index (χ3n) is 3.06. The Balaban J connectivity index is 1.79. The highest BCUT2D eigenvalue weighted by Crippen LogP contribution is 2.22. The summed E-state index contributed by atoms with van der Waals surface area (Å²) in [5, 5.41) is 8.06. The second-order valence-electron chi connectivity index (χ2n) is 4.58. The highest BCUT2D eigenvalue weighted by atomic mass is 16.5. The minimum atomic E-state index is -0.186. The summed E-state index contributed by atoms with van der Waals surface area (Å²) >= 11 is 0. The summed E-state index contributed by atoms with van der Waals surface area (Å²) in [6, 6.07) is 3.15. The molecule has 0 amide bonds. The lowest BCUT2D eigenvalue weighted by Crippen LogP contribution is -2.23. The van der Waals surface area contributed by atoms with Crippen LogP contribution in [0, 0.1) is 6.92 Å². The van der Waals surface area contributed by atoms with E-state index >= 15 is 0 Å². The zero-order valence-electron chi connectivity index (χ0n) is 10.6. The van der Waals surface area contributed by atoms with Crippen LogP contribution in [0.5, 0.6) is 0 Å². The van der Waals surface area contributed by atoms with Crippen LogP contribution in [-0.2, 0) is 11.3 Å². The van der Waals surface area contributed by atoms with Crippen molar-refractivity contribution >= 4 is 0 Å². The molecule has 0 aromatic carbocycles. The molecule has 100 valence electrons. The van der Waals surface area contributed by atoms with E-state index in [4.69, 9.17) is 9.26 Å². The molecule has 0 bridgehead atoms. The van der Waals surface area contributed by atoms with Gasteiger partial charge in [-0.1, -0.05) is 5.16 Å². The maximum atomic E-state index is 11.6. The Bertz CT molecular complexity index is 628. The topological polar surface area (TPSA) is 83.0 Å². The molecule has 19 heavy (non-hydrogen) atoms. The monoisotopic (exact) mass is 262 g/mol. The molecule has 0 saturated carbocycles. The molecule has 0 spiro atoms. The molecule has 7 heteroatoms. The number of ether oxygens (including phenoxy) is 1. The third-order valence-corrected chi connectivity index (χ3v) is 3.06. The van der Waals surface area contributed by atoms with E-state index in [2.05, 4.69) is 15.2 Å². The molecule has 2 aromatic rings. The predicted octanol–water partition coefficient (Wildman–Crippen LogP) is 0.487. The normalized spacial score (nSPS) is 18.9. The Kier molecular flexibility index (Phi) is 3.12. The average Bonchev–Trinajstić information content (AvgIpc) is 3.04. The van der Waals surface area contributed by atoms with Crippen LogP contribution >= 0.6 is 0 Å². The Morgan fingerprint density at radius 3 is 3.16 bits per heavy atom. The first kappa shape index (κ1) is 12.0. The summed E-state index contributed by atoms with van der Waals surface area (Å²) in [4.78, 5) is 15.9. The van der Waals surface area contributed by atoms with Crippen molar-refractivity contribution in [3.8, 4) is 0 Å². The van der Waals surface area contributed by atoms with Crippen molar-refractivity contribution in [2.24, 2.45) is 0 Å². The minimum absolute atomic E-state index is 0.186. The summed E-state index contributed by atoms with van der Waals surface area (Å²) in [7, 11) is 0. The van der Waals surface area contributed by atoms with Crippen LogP contribution in [0.25, 0.3) is 0 Å². The van der Waals surface area contributed by atoms with Gasteiger partial charge in [0.2, 0.25) is 5.89 Å². The molecule has 1 saturated heterocycles. The lowest BCUT2D eigenvalue weighted by Gasteiger charge is -2.01. The fraction of sp³-hybridized carbons (Fsp3) is 0.500. The largest absolute Gasteiger partial charge is 0.381 e. The second kappa shape index (κ2) is 4.93. The Hall–Kier alpha value is -2.02. The second-order valence-corrected chi connectivity index (χ2v) is 4.58. The van der Waals surface area contributed by atoms with Crippen molar-refractivity contribution in [2.45, 2.75) is 25.8 Å². The molecule has 0 N–H and O–H groups in total. The van der Waals surface area contributed by atoms with E-state index in [1.807, 2.05) is 6.92 Å². The first-order valence-corrected chi connectivity index (χ1v) is 6.17. The minimum Gasteiger partial charge on any atom is -0.381 e. The molecule has 1 atom stereocenters. The standard InChI is InChI=1S/C12H14N4O3/c1-8-2-3-11(17)16(14-8)6-10-13-12(15-19-10)9-4-5-18-7-9/h2-3,9H,4-7H2,1H3/t9-/m1/s1. The van der Waals surface area contributed by atoms with Gasteiger partial charge in [-0.25, -0.2) is 4.68 Å². The summed E-state index contributed by atoms with van der Waals surface area (Å²) in [6.07, 6.45) is 0.904. The molecule has 1 aliphatic rings.